The van der Waals surface area contributed by atoms with Crippen LogP contribution in [0.1, 0.15) is 6.42 Å². The monoisotopic (exact) mass is 131 g/mol. The maximum Gasteiger partial charge on any atom is 0.186 e. The summed E-state index contributed by atoms with van der Waals surface area (Å²) in [5, 5.41) is 9.04. The predicted molar refractivity (Wildman–Crippen MR) is 28.3 cm³/mol. The molecule has 2 heterocycles. The molecule has 0 aromatic carbocycles. The number of aliphatic hydroxyl groups is 1. The summed E-state index contributed by atoms with van der Waals surface area (Å²) in [6, 6.07) is 0. The molecule has 0 aromatic rings. The van der Waals surface area contributed by atoms with Crippen LogP contribution in [0.25, 0.3) is 0 Å². The molecule has 4 atom stereocenters. The number of fused-ring (bicyclic) bond motifs is 1. The van der Waals surface area contributed by atoms with Gasteiger partial charge in [0, 0.05) is 6.42 Å². The Hall–Kier alpha value is -0.160. The van der Waals surface area contributed by atoms with Gasteiger partial charge in [-0.05, 0) is 0 Å². The highest BCUT2D eigenvalue weighted by Crippen LogP contribution is 2.33. The Kier molecular flexibility index (Phi) is 1.04. The van der Waals surface area contributed by atoms with Crippen LogP contribution in [-0.2, 0) is 9.47 Å². The lowest BCUT2D eigenvalue weighted by molar-refractivity contribution is -0.0825. The third kappa shape index (κ3) is 0.840. The molecule has 0 amide bonds. The van der Waals surface area contributed by atoms with Gasteiger partial charge >= 0.3 is 0 Å². The summed E-state index contributed by atoms with van der Waals surface area (Å²) in [6.07, 6.45) is -0.489. The van der Waals surface area contributed by atoms with Crippen LogP contribution in [-0.4, -0.2) is 29.8 Å². The second kappa shape index (κ2) is 1.67. The lowest BCUT2D eigenvalue weighted by atomic mass is 10.1. The van der Waals surface area contributed by atoms with E-state index in [1.165, 1.54) is 0 Å². The molecular formula is C5H9NO3. The number of nitrogens with two attached hydrogens (primary N) is 1. The first-order valence-electron chi connectivity index (χ1n) is 3.02. The lowest BCUT2D eigenvalue weighted by Gasteiger charge is -2.20. The molecule has 2 aliphatic heterocycles. The standard InChI is InChI=1S/C5H9NO3/c6-4-2(7)1-3-5(8-3)9-4/h2-5,7H,1,6H2/t2-,3+,4+,5?/m0/s1. The largest absolute Gasteiger partial charge is 0.389 e. The zero-order valence-electron chi connectivity index (χ0n) is 4.86. The fourth-order valence-electron chi connectivity index (χ4n) is 1.03. The molecule has 0 spiro atoms. The zero-order valence-corrected chi connectivity index (χ0v) is 4.86. The van der Waals surface area contributed by atoms with Crippen LogP contribution in [0.5, 0.6) is 0 Å². The molecule has 52 valence electrons. The summed E-state index contributed by atoms with van der Waals surface area (Å²) in [4.78, 5) is 0. The Morgan fingerprint density at radius 3 is 2.89 bits per heavy atom. The highest BCUT2D eigenvalue weighted by molar-refractivity contribution is 4.87. The highest BCUT2D eigenvalue weighted by Gasteiger charge is 2.48. The molecule has 0 aromatic heterocycles. The van der Waals surface area contributed by atoms with E-state index in [2.05, 4.69) is 0 Å². The Labute approximate surface area is 52.5 Å². The van der Waals surface area contributed by atoms with Gasteiger partial charge in [-0.1, -0.05) is 0 Å². The summed E-state index contributed by atoms with van der Waals surface area (Å²) >= 11 is 0. The minimum atomic E-state index is -0.547. The highest BCUT2D eigenvalue weighted by atomic mass is 16.8. The smallest absolute Gasteiger partial charge is 0.186 e. The van der Waals surface area contributed by atoms with Crippen LogP contribution in [0.4, 0.5) is 0 Å². The molecule has 0 bridgehead atoms. The van der Waals surface area contributed by atoms with E-state index in [9.17, 15) is 0 Å². The molecule has 4 nitrogen and oxygen atoms in total. The van der Waals surface area contributed by atoms with Crippen LogP contribution in [0.2, 0.25) is 0 Å². The summed E-state index contributed by atoms with van der Waals surface area (Å²) in [7, 11) is 0. The van der Waals surface area contributed by atoms with E-state index in [-0.39, 0.29) is 12.4 Å². The van der Waals surface area contributed by atoms with Crippen LogP contribution in [0, 0.1) is 0 Å². The van der Waals surface area contributed by atoms with E-state index >= 15 is 0 Å². The van der Waals surface area contributed by atoms with Gasteiger partial charge in [-0.25, -0.2) is 0 Å². The molecule has 0 radical (unpaired) electrons. The third-order valence-corrected chi connectivity index (χ3v) is 1.68. The van der Waals surface area contributed by atoms with Gasteiger partial charge in [0.25, 0.3) is 0 Å². The lowest BCUT2D eigenvalue weighted by Crippen LogP contribution is -2.42. The second-order valence-corrected chi connectivity index (χ2v) is 2.45. The first kappa shape index (κ1) is 5.61. The quantitative estimate of drug-likeness (QED) is 0.404. The number of hydrogen-bond donors (Lipinski definition) is 2. The third-order valence-electron chi connectivity index (χ3n) is 1.68. The van der Waals surface area contributed by atoms with Crippen molar-refractivity contribution in [2.45, 2.75) is 31.1 Å². The summed E-state index contributed by atoms with van der Waals surface area (Å²) < 4.78 is 9.93. The SMILES string of the molecule is N[C@@H]1OC2O[C@@H]2C[C@@H]1O. The van der Waals surface area contributed by atoms with Gasteiger partial charge in [-0.2, -0.15) is 0 Å². The van der Waals surface area contributed by atoms with E-state index < -0.39 is 12.3 Å². The van der Waals surface area contributed by atoms with E-state index in [0.29, 0.717) is 6.42 Å². The Morgan fingerprint density at radius 1 is 1.44 bits per heavy atom. The summed E-state index contributed by atoms with van der Waals surface area (Å²) in [5.74, 6) is 0. The van der Waals surface area contributed by atoms with Crippen LogP contribution in [0.3, 0.4) is 0 Å². The van der Waals surface area contributed by atoms with Crippen molar-refractivity contribution in [1.29, 1.82) is 0 Å². The second-order valence-electron chi connectivity index (χ2n) is 2.45. The van der Waals surface area contributed by atoms with Crippen molar-refractivity contribution in [2.24, 2.45) is 5.73 Å². The number of epoxide rings is 1. The van der Waals surface area contributed by atoms with Gasteiger partial charge in [-0.15, -0.1) is 0 Å². The maximum atomic E-state index is 9.04. The van der Waals surface area contributed by atoms with Crippen molar-refractivity contribution in [3.8, 4) is 0 Å². The molecule has 0 aliphatic carbocycles. The molecule has 1 unspecified atom stereocenters. The van der Waals surface area contributed by atoms with Gasteiger partial charge in [0.05, 0.1) is 6.10 Å². The predicted octanol–water partition coefficient (Wildman–Crippen LogP) is -1.22. The Bertz CT molecular complexity index is 115. The van der Waals surface area contributed by atoms with Gasteiger partial charge in [0.1, 0.15) is 12.3 Å². The summed E-state index contributed by atoms with van der Waals surface area (Å²) in [6.45, 7) is 0. The van der Waals surface area contributed by atoms with E-state index in [4.69, 9.17) is 20.3 Å². The van der Waals surface area contributed by atoms with E-state index in [1.807, 2.05) is 0 Å². The summed E-state index contributed by atoms with van der Waals surface area (Å²) in [5.41, 5.74) is 5.34. The van der Waals surface area contributed by atoms with Crippen LogP contribution in [0.15, 0.2) is 0 Å². The van der Waals surface area contributed by atoms with E-state index in [1.54, 1.807) is 0 Å². The van der Waals surface area contributed by atoms with Crippen molar-refractivity contribution in [3.63, 3.8) is 0 Å². The molecule has 2 rings (SSSR count). The van der Waals surface area contributed by atoms with Crippen molar-refractivity contribution >= 4 is 0 Å². The Morgan fingerprint density at radius 2 is 2.22 bits per heavy atom. The normalized spacial score (nSPS) is 56.7. The minimum absolute atomic E-state index is 0.111. The number of ether oxygens (including phenoxy) is 2. The van der Waals surface area contributed by atoms with Crippen molar-refractivity contribution in [2.75, 3.05) is 0 Å². The van der Waals surface area contributed by atoms with Crippen LogP contribution >= 0.6 is 0 Å². The number of hydrogen-bond acceptors (Lipinski definition) is 4. The number of aliphatic hydroxyl groups excluding tert-OH is 1. The molecule has 4 heteroatoms. The van der Waals surface area contributed by atoms with Gasteiger partial charge in [-0.3, -0.25) is 0 Å². The molecule has 2 saturated heterocycles. The van der Waals surface area contributed by atoms with Crippen molar-refractivity contribution < 1.29 is 14.6 Å². The van der Waals surface area contributed by atoms with Crippen LogP contribution < -0.4 is 5.73 Å². The van der Waals surface area contributed by atoms with Gasteiger partial charge < -0.3 is 20.3 Å². The minimum Gasteiger partial charge on any atom is -0.389 e. The molecule has 2 aliphatic rings. The maximum absolute atomic E-state index is 9.04. The molecule has 0 saturated carbocycles. The topological polar surface area (TPSA) is 68.0 Å². The fourth-order valence-corrected chi connectivity index (χ4v) is 1.03. The molecule has 2 fully saturated rings. The molecule has 9 heavy (non-hydrogen) atoms. The van der Waals surface area contributed by atoms with Gasteiger partial charge in [0.15, 0.2) is 6.29 Å². The fraction of sp³-hybridized carbons (Fsp3) is 1.00. The number of rotatable bonds is 0. The van der Waals surface area contributed by atoms with Gasteiger partial charge in [0.2, 0.25) is 0 Å². The average molecular weight is 131 g/mol. The molecular weight excluding hydrogens is 122 g/mol. The first-order valence-corrected chi connectivity index (χ1v) is 3.02. The van der Waals surface area contributed by atoms with Crippen molar-refractivity contribution in [1.82, 2.24) is 0 Å². The molecule has 3 N–H and O–H groups in total. The Balaban J connectivity index is 1.98. The zero-order chi connectivity index (χ0) is 6.43. The van der Waals surface area contributed by atoms with Crippen molar-refractivity contribution in [3.05, 3.63) is 0 Å². The first-order chi connectivity index (χ1) is 4.27. The average Bonchev–Trinajstić information content (AvgIpc) is 2.46. The van der Waals surface area contributed by atoms with E-state index in [0.717, 1.165) is 0 Å².